The average Bonchev–Trinajstić information content (AvgIpc) is 1.31. The van der Waals surface area contributed by atoms with Crippen LogP contribution in [0.25, 0.3) is 0 Å². The van der Waals surface area contributed by atoms with Gasteiger partial charge in [0.2, 0.25) is 0 Å². The van der Waals surface area contributed by atoms with Crippen molar-refractivity contribution in [2.24, 2.45) is 0 Å². The summed E-state index contributed by atoms with van der Waals surface area (Å²) >= 11 is 0. The van der Waals surface area contributed by atoms with Crippen molar-refractivity contribution < 1.29 is 24.6 Å². The quantitative estimate of drug-likeness (QED) is 0.260. The maximum absolute atomic E-state index is 9.33. The molecule has 0 atom stereocenters. The van der Waals surface area contributed by atoms with Crippen molar-refractivity contribution in [1.82, 2.24) is 0 Å². The van der Waals surface area contributed by atoms with E-state index in [9.17, 15) is 4.79 Å². The van der Waals surface area contributed by atoms with Gasteiger partial charge in [0.05, 0.1) is 0 Å². The predicted molar refractivity (Wildman–Crippen MR) is 32.9 cm³/mol. The minimum absolute atomic E-state index is 0. The fraction of sp³-hybridized carbons (Fsp3) is 0. The van der Waals surface area contributed by atoms with Crippen molar-refractivity contribution in [2.75, 3.05) is 0 Å². The molecule has 4 N–H and O–H groups in total. The third kappa shape index (κ3) is 4.47. The molecule has 0 bridgehead atoms. The largest absolute Gasteiger partial charge is 0.187 e. The molecule has 7 heteroatoms. The monoisotopic (exact) mass is 158 g/mol. The molecule has 5 nitrogen and oxygen atoms in total. The normalized spacial score (nSPS) is 11.9. The van der Waals surface area contributed by atoms with Gasteiger partial charge in [-0.15, -0.1) is 0 Å². The predicted octanol–water partition coefficient (Wildman–Crippen LogP) is -2.05. The zero-order chi connectivity index (χ0) is 6.08. The van der Waals surface area contributed by atoms with Gasteiger partial charge < -0.3 is 0 Å². The fourth-order valence-electron chi connectivity index (χ4n) is 0. The van der Waals surface area contributed by atoms with Crippen molar-refractivity contribution in [3.8, 4) is 0 Å². The second-order valence-corrected chi connectivity index (χ2v) is 2.64. The first-order valence-electron chi connectivity index (χ1n) is 1.35. The van der Waals surface area contributed by atoms with Crippen LogP contribution in [0.5, 0.6) is 0 Å². The standard InChI is InChI=1S/CH5O5P.Al.3H/c2-1(3)7(4,5)6;;;;/h4-7H,(H,2,3);;;;. The van der Waals surface area contributed by atoms with Crippen LogP contribution in [0.1, 0.15) is 0 Å². The average molecular weight is 158 g/mol. The SMILES string of the molecule is O=C(O)[PH](O)(O)O.[AlH3]. The summed E-state index contributed by atoms with van der Waals surface area (Å²) in [6, 6.07) is 0. The van der Waals surface area contributed by atoms with Crippen molar-refractivity contribution in [1.29, 1.82) is 0 Å². The Kier molecular flexibility index (Phi) is 4.68. The summed E-state index contributed by atoms with van der Waals surface area (Å²) in [4.78, 5) is 32.6. The fourth-order valence-corrected chi connectivity index (χ4v) is 0. The van der Waals surface area contributed by atoms with E-state index in [0.717, 1.165) is 0 Å². The Bertz CT molecular complexity index is 84.9. The Balaban J connectivity index is 0. The second-order valence-electron chi connectivity index (χ2n) is 0.941. The smallest absolute Gasteiger partial charge is 0.187 e. The van der Waals surface area contributed by atoms with Crippen LogP contribution in [0.4, 0.5) is 4.79 Å². The first-order chi connectivity index (χ1) is 2.94. The van der Waals surface area contributed by atoms with Gasteiger partial charge >= 0.3 is 38.2 Å². The van der Waals surface area contributed by atoms with E-state index in [1.807, 2.05) is 0 Å². The first kappa shape index (κ1) is 11.2. The maximum atomic E-state index is 9.33. The molecule has 0 aromatic rings. The van der Waals surface area contributed by atoms with E-state index in [4.69, 9.17) is 19.8 Å². The number of hydrogen-bond donors (Lipinski definition) is 4. The first-order valence-corrected chi connectivity index (χ1v) is 3.19. The molecule has 0 spiro atoms. The number of carboxylic acid groups (broad SMARTS) is 1. The summed E-state index contributed by atoms with van der Waals surface area (Å²) in [5, 5.41) is 7.56. The zero-order valence-corrected chi connectivity index (χ0v) is 4.20. The molecule has 0 aromatic heterocycles. The Labute approximate surface area is 56.3 Å². The molecule has 0 saturated heterocycles. The van der Waals surface area contributed by atoms with E-state index in [-0.39, 0.29) is 17.4 Å². The van der Waals surface area contributed by atoms with Crippen LogP contribution < -0.4 is 0 Å². The van der Waals surface area contributed by atoms with Gasteiger partial charge in [-0.3, -0.25) is 0 Å². The van der Waals surface area contributed by atoms with Crippen molar-refractivity contribution >= 4 is 31.0 Å². The summed E-state index contributed by atoms with van der Waals surface area (Å²) in [7, 11) is -4.82. The van der Waals surface area contributed by atoms with Crippen LogP contribution in [0.3, 0.4) is 0 Å². The summed E-state index contributed by atoms with van der Waals surface area (Å²) in [5.41, 5.74) is -1.95. The molecule has 50 valence electrons. The third-order valence-electron chi connectivity index (χ3n) is 0.287. The van der Waals surface area contributed by atoms with Crippen LogP contribution in [0.15, 0.2) is 0 Å². The van der Waals surface area contributed by atoms with Crippen LogP contribution >= 0.6 is 7.94 Å². The second kappa shape index (κ2) is 3.36. The summed E-state index contributed by atoms with van der Waals surface area (Å²) in [6.45, 7) is 0. The van der Waals surface area contributed by atoms with Gasteiger partial charge in [-0.1, -0.05) is 0 Å². The van der Waals surface area contributed by atoms with E-state index in [2.05, 4.69) is 0 Å². The molecule has 0 aliphatic carbocycles. The minimum Gasteiger partial charge on any atom is 0.187 e. The Morgan fingerprint density at radius 3 is 1.38 bits per heavy atom. The Morgan fingerprint density at radius 2 is 1.38 bits per heavy atom. The van der Waals surface area contributed by atoms with Gasteiger partial charge in [-0.25, -0.2) is 0 Å². The molecule has 0 unspecified atom stereocenters. The van der Waals surface area contributed by atoms with Crippen molar-refractivity contribution in [2.45, 2.75) is 0 Å². The van der Waals surface area contributed by atoms with Crippen LogP contribution in [-0.4, -0.2) is 42.9 Å². The number of carbonyl (C=O) groups is 1. The van der Waals surface area contributed by atoms with Crippen LogP contribution in [-0.2, 0) is 0 Å². The summed E-state index contributed by atoms with van der Waals surface area (Å²) < 4.78 is 0. The topological polar surface area (TPSA) is 98.0 Å². The van der Waals surface area contributed by atoms with E-state index < -0.39 is 13.7 Å². The van der Waals surface area contributed by atoms with Gasteiger partial charge in [0.15, 0.2) is 17.4 Å². The van der Waals surface area contributed by atoms with Crippen molar-refractivity contribution in [3.63, 3.8) is 0 Å². The van der Waals surface area contributed by atoms with Gasteiger partial charge in [0.1, 0.15) is 0 Å². The molecule has 0 aromatic carbocycles. The van der Waals surface area contributed by atoms with Crippen molar-refractivity contribution in [3.05, 3.63) is 0 Å². The molecule has 0 fully saturated rings. The number of hydrogen-bond acceptors (Lipinski definition) is 4. The van der Waals surface area contributed by atoms with Gasteiger partial charge in [-0.2, -0.15) is 0 Å². The maximum Gasteiger partial charge on any atom is 0.187 e. The molecule has 0 amide bonds. The van der Waals surface area contributed by atoms with E-state index in [1.54, 1.807) is 0 Å². The summed E-state index contributed by atoms with van der Waals surface area (Å²) in [5.74, 6) is 0. The number of rotatable bonds is 1. The molecule has 0 heterocycles. The molecule has 8 heavy (non-hydrogen) atoms. The molecule has 0 saturated carbocycles. The van der Waals surface area contributed by atoms with Gasteiger partial charge in [-0.05, 0) is 0 Å². The van der Waals surface area contributed by atoms with E-state index >= 15 is 0 Å². The molecular weight excluding hydrogens is 150 g/mol. The van der Waals surface area contributed by atoms with E-state index in [0.29, 0.717) is 0 Å². The minimum atomic E-state index is -4.82. The Hall–Kier alpha value is 0.312. The molecule has 0 aliphatic rings. The third-order valence-corrected chi connectivity index (χ3v) is 0.861. The van der Waals surface area contributed by atoms with Crippen LogP contribution in [0.2, 0.25) is 0 Å². The van der Waals surface area contributed by atoms with Gasteiger partial charge in [0.25, 0.3) is 0 Å². The molecule has 0 rings (SSSR count). The van der Waals surface area contributed by atoms with E-state index in [1.165, 1.54) is 0 Å². The molecule has 0 radical (unpaired) electrons. The zero-order valence-electron chi connectivity index (χ0n) is 3.20. The van der Waals surface area contributed by atoms with Gasteiger partial charge in [0, 0.05) is 0 Å². The molecule has 0 aliphatic heterocycles. The Morgan fingerprint density at radius 1 is 1.25 bits per heavy atom. The summed E-state index contributed by atoms with van der Waals surface area (Å²) in [6.07, 6.45) is 0. The van der Waals surface area contributed by atoms with Crippen LogP contribution in [0, 0.1) is 0 Å². The molecular formula is CH8AlO5P.